The van der Waals surface area contributed by atoms with Gasteiger partial charge in [0.05, 0.1) is 20.3 Å². The van der Waals surface area contributed by atoms with Gasteiger partial charge in [0.2, 0.25) is 0 Å². The smallest absolute Gasteiger partial charge is 0.184 e. The molecule has 1 heterocycles. The van der Waals surface area contributed by atoms with E-state index >= 15 is 0 Å². The molecule has 94 valence electrons. The highest BCUT2D eigenvalue weighted by Gasteiger charge is 2.27. The molecule has 0 unspecified atom stereocenters. The van der Waals surface area contributed by atoms with Gasteiger partial charge in [0.25, 0.3) is 0 Å². The topological polar surface area (TPSA) is 36.9 Å². The van der Waals surface area contributed by atoms with Crippen LogP contribution in [-0.4, -0.2) is 33.0 Å². The van der Waals surface area contributed by atoms with E-state index in [0.29, 0.717) is 19.8 Å². The summed E-state index contributed by atoms with van der Waals surface area (Å²) in [4.78, 5) is 0. The maximum atomic E-state index is 5.74. The van der Waals surface area contributed by atoms with Crippen molar-refractivity contribution in [2.75, 3.05) is 26.9 Å². The Labute approximate surface area is 101 Å². The zero-order valence-electron chi connectivity index (χ0n) is 10.2. The molecule has 0 aromatic heterocycles. The fourth-order valence-corrected chi connectivity index (χ4v) is 1.72. The molecule has 1 saturated heterocycles. The number of rotatable bonds is 5. The second-order valence-corrected chi connectivity index (χ2v) is 3.86. The van der Waals surface area contributed by atoms with Gasteiger partial charge in [-0.2, -0.15) is 0 Å². The van der Waals surface area contributed by atoms with Crippen molar-refractivity contribution in [3.63, 3.8) is 0 Å². The van der Waals surface area contributed by atoms with Gasteiger partial charge in [-0.15, -0.1) is 0 Å². The summed E-state index contributed by atoms with van der Waals surface area (Å²) >= 11 is 0. The molecule has 1 aromatic rings. The molecule has 1 aliphatic rings. The van der Waals surface area contributed by atoms with E-state index in [1.54, 1.807) is 7.11 Å². The molecule has 17 heavy (non-hydrogen) atoms. The lowest BCUT2D eigenvalue weighted by molar-refractivity contribution is -0.0731. The Hall–Kier alpha value is -1.10. The van der Waals surface area contributed by atoms with Crippen LogP contribution in [-0.2, 0) is 14.2 Å². The molecule has 1 aromatic carbocycles. The predicted molar refractivity (Wildman–Crippen MR) is 63.1 cm³/mol. The summed E-state index contributed by atoms with van der Waals surface area (Å²) in [5.41, 5.74) is 1.00. The molecule has 2 rings (SSSR count). The van der Waals surface area contributed by atoms with Crippen LogP contribution >= 0.6 is 0 Å². The van der Waals surface area contributed by atoms with Crippen molar-refractivity contribution in [3.05, 3.63) is 29.8 Å². The molecule has 0 radical (unpaired) electrons. The third kappa shape index (κ3) is 3.19. The van der Waals surface area contributed by atoms with Crippen LogP contribution in [0.15, 0.2) is 24.3 Å². The number of hydrogen-bond donors (Lipinski definition) is 0. The molecule has 1 aliphatic heterocycles. The van der Waals surface area contributed by atoms with Crippen LogP contribution in [0.25, 0.3) is 0 Å². The Morgan fingerprint density at radius 2 is 2.06 bits per heavy atom. The monoisotopic (exact) mass is 238 g/mol. The lowest BCUT2D eigenvalue weighted by Gasteiger charge is -2.12. The molecule has 0 spiro atoms. The molecule has 4 heteroatoms. The lowest BCUT2D eigenvalue weighted by atomic mass is 10.2. The van der Waals surface area contributed by atoms with Gasteiger partial charge in [-0.1, -0.05) is 12.1 Å². The average molecular weight is 238 g/mol. The van der Waals surface area contributed by atoms with Crippen LogP contribution < -0.4 is 4.74 Å². The summed E-state index contributed by atoms with van der Waals surface area (Å²) in [6, 6.07) is 7.70. The fraction of sp³-hybridized carbons (Fsp3) is 0.538. The quantitative estimate of drug-likeness (QED) is 0.787. The highest BCUT2D eigenvalue weighted by atomic mass is 16.7. The fourth-order valence-electron chi connectivity index (χ4n) is 1.72. The van der Waals surface area contributed by atoms with Crippen molar-refractivity contribution in [1.82, 2.24) is 0 Å². The van der Waals surface area contributed by atoms with Crippen LogP contribution in [0.4, 0.5) is 0 Å². The minimum atomic E-state index is -0.286. The largest absolute Gasteiger partial charge is 0.497 e. The van der Waals surface area contributed by atoms with Crippen molar-refractivity contribution < 1.29 is 18.9 Å². The molecule has 0 aliphatic carbocycles. The SMILES string of the molecule is CCOC[C@H]1CO[C@@H](c2ccc(OC)cc2)O1. The summed E-state index contributed by atoms with van der Waals surface area (Å²) in [5.74, 6) is 0.831. The van der Waals surface area contributed by atoms with Gasteiger partial charge in [0.15, 0.2) is 6.29 Å². The second kappa shape index (κ2) is 6.00. The summed E-state index contributed by atoms with van der Waals surface area (Å²) in [6.45, 7) is 3.84. The van der Waals surface area contributed by atoms with E-state index in [1.807, 2.05) is 31.2 Å². The van der Waals surface area contributed by atoms with E-state index in [-0.39, 0.29) is 12.4 Å². The highest BCUT2D eigenvalue weighted by molar-refractivity contribution is 5.28. The van der Waals surface area contributed by atoms with Crippen LogP contribution in [0.1, 0.15) is 18.8 Å². The van der Waals surface area contributed by atoms with Crippen LogP contribution in [0.3, 0.4) is 0 Å². The maximum absolute atomic E-state index is 5.74. The van der Waals surface area contributed by atoms with Gasteiger partial charge in [0.1, 0.15) is 11.9 Å². The first-order valence-electron chi connectivity index (χ1n) is 5.82. The normalized spacial score (nSPS) is 23.9. The third-order valence-electron chi connectivity index (χ3n) is 2.65. The van der Waals surface area contributed by atoms with E-state index in [2.05, 4.69) is 0 Å². The van der Waals surface area contributed by atoms with Gasteiger partial charge in [-0.3, -0.25) is 0 Å². The minimum Gasteiger partial charge on any atom is -0.497 e. The maximum Gasteiger partial charge on any atom is 0.184 e. The summed E-state index contributed by atoms with van der Waals surface area (Å²) in [7, 11) is 1.65. The first kappa shape index (κ1) is 12.4. The van der Waals surface area contributed by atoms with Crippen molar-refractivity contribution >= 4 is 0 Å². The first-order chi connectivity index (χ1) is 8.33. The molecule has 1 fully saturated rings. The standard InChI is InChI=1S/C13H18O4/c1-3-15-8-12-9-16-13(17-12)10-4-6-11(14-2)7-5-10/h4-7,12-13H,3,8-9H2,1-2H3/t12-,13+/m0/s1. The van der Waals surface area contributed by atoms with E-state index in [4.69, 9.17) is 18.9 Å². The Balaban J connectivity index is 1.90. The number of methoxy groups -OCH3 is 1. The number of benzene rings is 1. The summed E-state index contributed by atoms with van der Waals surface area (Å²) in [5, 5.41) is 0. The zero-order valence-corrected chi connectivity index (χ0v) is 10.2. The van der Waals surface area contributed by atoms with Gasteiger partial charge < -0.3 is 18.9 Å². The molecule has 2 atom stereocenters. The van der Waals surface area contributed by atoms with E-state index in [1.165, 1.54) is 0 Å². The van der Waals surface area contributed by atoms with Crippen LogP contribution in [0.5, 0.6) is 5.75 Å². The van der Waals surface area contributed by atoms with Gasteiger partial charge in [-0.25, -0.2) is 0 Å². The molecular weight excluding hydrogens is 220 g/mol. The van der Waals surface area contributed by atoms with Gasteiger partial charge in [-0.05, 0) is 19.1 Å². The Kier molecular flexibility index (Phi) is 4.36. The van der Waals surface area contributed by atoms with E-state index in [9.17, 15) is 0 Å². The molecule has 0 saturated carbocycles. The number of ether oxygens (including phenoxy) is 4. The summed E-state index contributed by atoms with van der Waals surface area (Å²) in [6.07, 6.45) is -0.256. The molecular formula is C13H18O4. The Morgan fingerprint density at radius 3 is 2.71 bits per heavy atom. The van der Waals surface area contributed by atoms with Crippen LogP contribution in [0.2, 0.25) is 0 Å². The first-order valence-corrected chi connectivity index (χ1v) is 5.82. The average Bonchev–Trinajstić information content (AvgIpc) is 2.85. The highest BCUT2D eigenvalue weighted by Crippen LogP contribution is 2.28. The van der Waals surface area contributed by atoms with E-state index < -0.39 is 0 Å². The summed E-state index contributed by atoms with van der Waals surface area (Å²) < 4.78 is 21.7. The molecule has 0 amide bonds. The van der Waals surface area contributed by atoms with Gasteiger partial charge in [0, 0.05) is 12.2 Å². The predicted octanol–water partition coefficient (Wildman–Crippen LogP) is 2.15. The van der Waals surface area contributed by atoms with Crippen molar-refractivity contribution in [2.45, 2.75) is 19.3 Å². The minimum absolute atomic E-state index is 0.0297. The van der Waals surface area contributed by atoms with Gasteiger partial charge >= 0.3 is 0 Å². The Bertz CT molecular complexity index is 336. The molecule has 0 N–H and O–H groups in total. The lowest BCUT2D eigenvalue weighted by Crippen LogP contribution is -2.17. The molecule has 0 bridgehead atoms. The zero-order chi connectivity index (χ0) is 12.1. The van der Waals surface area contributed by atoms with Crippen molar-refractivity contribution in [2.24, 2.45) is 0 Å². The van der Waals surface area contributed by atoms with Crippen molar-refractivity contribution in [1.29, 1.82) is 0 Å². The second-order valence-electron chi connectivity index (χ2n) is 3.86. The molecule has 4 nitrogen and oxygen atoms in total. The van der Waals surface area contributed by atoms with Crippen molar-refractivity contribution in [3.8, 4) is 5.75 Å². The Morgan fingerprint density at radius 1 is 1.29 bits per heavy atom. The van der Waals surface area contributed by atoms with Crippen LogP contribution in [0, 0.1) is 0 Å². The van der Waals surface area contributed by atoms with E-state index in [0.717, 1.165) is 11.3 Å². The third-order valence-corrected chi connectivity index (χ3v) is 2.65. The number of hydrogen-bond acceptors (Lipinski definition) is 4.